The lowest BCUT2D eigenvalue weighted by molar-refractivity contribution is -0.176. The van der Waals surface area contributed by atoms with Crippen LogP contribution in [0.1, 0.15) is 6.92 Å². The molecule has 1 N–H and O–H groups in total. The van der Waals surface area contributed by atoms with Crippen molar-refractivity contribution in [1.82, 2.24) is 5.09 Å². The predicted octanol–water partition coefficient (Wildman–Crippen LogP) is -0.221. The quantitative estimate of drug-likeness (QED) is 0.515. The van der Waals surface area contributed by atoms with Gasteiger partial charge >= 0.3 is 0 Å². The van der Waals surface area contributed by atoms with Crippen molar-refractivity contribution in [2.75, 3.05) is 13.2 Å². The summed E-state index contributed by atoms with van der Waals surface area (Å²) < 4.78 is 10.1. The maximum Gasteiger partial charge on any atom is 0.0738 e. The van der Waals surface area contributed by atoms with E-state index in [4.69, 9.17) is 0 Å². The highest BCUT2D eigenvalue weighted by Gasteiger charge is 1.89. The van der Waals surface area contributed by atoms with Crippen molar-refractivity contribution >= 4 is 7.52 Å². The fourth-order valence-electron chi connectivity index (χ4n) is 0.287. The van der Waals surface area contributed by atoms with Crippen LogP contribution in [0.4, 0.5) is 0 Å². The minimum atomic E-state index is -3.17. The summed E-state index contributed by atoms with van der Waals surface area (Å²) in [4.78, 5) is 10.1. The van der Waals surface area contributed by atoms with Crippen molar-refractivity contribution in [1.29, 1.82) is 0 Å². The first-order chi connectivity index (χ1) is 3.06. The predicted molar refractivity (Wildman–Crippen MR) is 27.2 cm³/mol. The van der Waals surface area contributed by atoms with Crippen molar-refractivity contribution in [3.05, 3.63) is 0 Å². The Kier molecular flexibility index (Phi) is 2.51. The van der Waals surface area contributed by atoms with Crippen LogP contribution in [0.25, 0.3) is 0 Å². The molecule has 0 spiro atoms. The Hall–Kier alpha value is 0.150. The second kappa shape index (κ2) is 2.46. The van der Waals surface area contributed by atoms with Gasteiger partial charge in [-0.25, -0.2) is 0 Å². The lowest BCUT2D eigenvalue weighted by Crippen LogP contribution is -2.16. The number of nitrogens with one attached hydrogen (secondary N) is 1. The summed E-state index contributed by atoms with van der Waals surface area (Å²) in [7, 11) is -3.17. The summed E-state index contributed by atoms with van der Waals surface area (Å²) in [6.07, 6.45) is 0. The summed E-state index contributed by atoms with van der Waals surface area (Å²) >= 11 is 0. The zero-order chi connectivity index (χ0) is 5.91. The van der Waals surface area contributed by atoms with Gasteiger partial charge in [0.15, 0.2) is 0 Å². The molecule has 0 aliphatic carbocycles. The highest BCUT2D eigenvalue weighted by molar-refractivity contribution is 7.53. The Balaban J connectivity index is 3.36. The van der Waals surface area contributed by atoms with Crippen LogP contribution in [0.5, 0.6) is 0 Å². The van der Waals surface area contributed by atoms with Crippen molar-refractivity contribution in [2.24, 2.45) is 0 Å². The first-order valence-corrected chi connectivity index (χ1v) is 4.17. The Morgan fingerprint density at radius 3 is 2.29 bits per heavy atom. The van der Waals surface area contributed by atoms with Gasteiger partial charge in [0.25, 0.3) is 0 Å². The number of rotatable bonds is 2. The van der Waals surface area contributed by atoms with Crippen LogP contribution >= 0.6 is 7.52 Å². The van der Waals surface area contributed by atoms with E-state index in [2.05, 4.69) is 5.09 Å². The average Bonchev–Trinajstić information content (AvgIpc) is 1.30. The second-order valence-electron chi connectivity index (χ2n) is 1.36. The molecule has 0 radical (unpaired) electrons. The molecule has 0 fully saturated rings. The molecule has 44 valence electrons. The average molecular weight is 122 g/mol. The van der Waals surface area contributed by atoms with E-state index in [1.807, 2.05) is 0 Å². The summed E-state index contributed by atoms with van der Waals surface area (Å²) in [6.45, 7) is 3.39. The molecule has 1 unspecified atom stereocenters. The molecule has 0 aromatic carbocycles. The van der Waals surface area contributed by atoms with Gasteiger partial charge in [0.05, 0.1) is 7.52 Å². The minimum Gasteiger partial charge on any atom is -0.788 e. The van der Waals surface area contributed by atoms with E-state index in [-0.39, 0.29) is 0 Å². The Morgan fingerprint density at radius 1 is 1.86 bits per heavy atom. The highest BCUT2D eigenvalue weighted by Crippen LogP contribution is 2.21. The standard InChI is InChI=1S/C3H10NO2P/c1-3-4-7(2,5)6/h3H2,1-2H3,(H2,4,5,6)/p-1. The molecule has 7 heavy (non-hydrogen) atoms. The molecule has 0 saturated carbocycles. The number of hydrogen-bond donors (Lipinski definition) is 1. The maximum atomic E-state index is 10.1. The van der Waals surface area contributed by atoms with Gasteiger partial charge in [0.2, 0.25) is 0 Å². The highest BCUT2D eigenvalue weighted by atomic mass is 31.2. The van der Waals surface area contributed by atoms with Crippen LogP contribution in [0.15, 0.2) is 0 Å². The van der Waals surface area contributed by atoms with Crippen LogP contribution in [-0.4, -0.2) is 13.2 Å². The first kappa shape index (κ1) is 7.15. The van der Waals surface area contributed by atoms with Gasteiger partial charge in [-0.2, -0.15) is 0 Å². The van der Waals surface area contributed by atoms with Gasteiger partial charge in [0.1, 0.15) is 0 Å². The molecule has 3 nitrogen and oxygen atoms in total. The van der Waals surface area contributed by atoms with Crippen LogP contribution in [0.3, 0.4) is 0 Å². The smallest absolute Gasteiger partial charge is 0.0738 e. The topological polar surface area (TPSA) is 52.2 Å². The van der Waals surface area contributed by atoms with Crippen LogP contribution in [-0.2, 0) is 4.57 Å². The van der Waals surface area contributed by atoms with Gasteiger partial charge in [-0.05, 0) is 13.2 Å². The molecule has 0 heterocycles. The molecule has 0 rings (SSSR count). The van der Waals surface area contributed by atoms with E-state index < -0.39 is 7.52 Å². The summed E-state index contributed by atoms with van der Waals surface area (Å²) in [6, 6.07) is 0. The van der Waals surface area contributed by atoms with Crippen LogP contribution < -0.4 is 9.98 Å². The van der Waals surface area contributed by atoms with E-state index in [9.17, 15) is 9.46 Å². The molecule has 0 aliphatic heterocycles. The van der Waals surface area contributed by atoms with Crippen LogP contribution in [0, 0.1) is 0 Å². The van der Waals surface area contributed by atoms with E-state index >= 15 is 0 Å². The van der Waals surface area contributed by atoms with E-state index in [1.165, 1.54) is 0 Å². The Morgan fingerprint density at radius 2 is 2.29 bits per heavy atom. The number of hydrogen-bond acceptors (Lipinski definition) is 2. The molecule has 0 aliphatic rings. The molecule has 4 heteroatoms. The fourth-order valence-corrected chi connectivity index (χ4v) is 0.862. The lowest BCUT2D eigenvalue weighted by atomic mass is 10.8. The molecular formula is C3H9NO2P-. The van der Waals surface area contributed by atoms with Gasteiger partial charge in [-0.1, -0.05) is 6.92 Å². The van der Waals surface area contributed by atoms with Crippen molar-refractivity contribution in [2.45, 2.75) is 6.92 Å². The molecular weight excluding hydrogens is 113 g/mol. The van der Waals surface area contributed by atoms with Gasteiger partial charge < -0.3 is 9.46 Å². The SMILES string of the molecule is CCNP(C)(=O)[O-]. The third kappa shape index (κ3) is 6.15. The molecule has 0 aromatic heterocycles. The molecule has 1 atom stereocenters. The van der Waals surface area contributed by atoms with E-state index in [0.29, 0.717) is 6.54 Å². The third-order valence-electron chi connectivity index (χ3n) is 0.445. The summed E-state index contributed by atoms with van der Waals surface area (Å²) in [5.74, 6) is 0. The van der Waals surface area contributed by atoms with Crippen molar-refractivity contribution < 1.29 is 9.46 Å². The molecule has 0 bridgehead atoms. The molecule has 0 saturated heterocycles. The third-order valence-corrected chi connectivity index (χ3v) is 1.34. The van der Waals surface area contributed by atoms with E-state index in [0.717, 1.165) is 6.66 Å². The zero-order valence-corrected chi connectivity index (χ0v) is 5.37. The van der Waals surface area contributed by atoms with Gasteiger partial charge in [-0.3, -0.25) is 5.09 Å². The zero-order valence-electron chi connectivity index (χ0n) is 4.47. The first-order valence-electron chi connectivity index (χ1n) is 2.10. The van der Waals surface area contributed by atoms with E-state index in [1.54, 1.807) is 6.92 Å². The molecule has 0 aromatic rings. The Bertz CT molecular complexity index is 86.9. The van der Waals surface area contributed by atoms with Crippen molar-refractivity contribution in [3.8, 4) is 0 Å². The largest absolute Gasteiger partial charge is 0.788 e. The second-order valence-corrected chi connectivity index (χ2v) is 3.37. The fraction of sp³-hybridized carbons (Fsp3) is 1.00. The summed E-state index contributed by atoms with van der Waals surface area (Å²) in [5.41, 5.74) is 0. The van der Waals surface area contributed by atoms with Crippen LogP contribution in [0.2, 0.25) is 0 Å². The monoisotopic (exact) mass is 122 g/mol. The lowest BCUT2D eigenvalue weighted by Gasteiger charge is -2.16. The Labute approximate surface area is 43.2 Å². The summed E-state index contributed by atoms with van der Waals surface area (Å²) in [5, 5.41) is 2.28. The maximum absolute atomic E-state index is 10.1. The van der Waals surface area contributed by atoms with Gasteiger partial charge in [-0.15, -0.1) is 0 Å². The normalized spacial score (nSPS) is 18.7. The molecule has 0 amide bonds. The van der Waals surface area contributed by atoms with Gasteiger partial charge in [0, 0.05) is 0 Å². The minimum absolute atomic E-state index is 0.483. The van der Waals surface area contributed by atoms with Crippen molar-refractivity contribution in [3.63, 3.8) is 0 Å².